The summed E-state index contributed by atoms with van der Waals surface area (Å²) in [6.07, 6.45) is 0.394. The summed E-state index contributed by atoms with van der Waals surface area (Å²) in [7, 11) is -6.53. The number of sulfone groups is 2. The van der Waals surface area contributed by atoms with Crippen molar-refractivity contribution in [2.24, 2.45) is 0 Å². The number of carbonyl (C=O) groups excluding carboxylic acids is 1. The van der Waals surface area contributed by atoms with Gasteiger partial charge < -0.3 is 9.32 Å². The lowest BCUT2D eigenvalue weighted by Gasteiger charge is -2.28. The van der Waals surface area contributed by atoms with Crippen molar-refractivity contribution in [2.75, 3.05) is 27.9 Å². The van der Waals surface area contributed by atoms with E-state index in [0.29, 0.717) is 23.2 Å². The lowest BCUT2D eigenvalue weighted by molar-refractivity contribution is -0.116. The van der Waals surface area contributed by atoms with Crippen molar-refractivity contribution in [3.8, 4) is 0 Å². The van der Waals surface area contributed by atoms with Crippen LogP contribution in [0.3, 0.4) is 0 Å². The third-order valence-electron chi connectivity index (χ3n) is 5.27. The number of benzene rings is 2. The van der Waals surface area contributed by atoms with Gasteiger partial charge in [-0.25, -0.2) is 21.8 Å². The fourth-order valence-corrected chi connectivity index (χ4v) is 6.92. The first-order chi connectivity index (χ1) is 15.2. The van der Waals surface area contributed by atoms with Gasteiger partial charge in [0.25, 0.3) is 5.22 Å². The van der Waals surface area contributed by atoms with Gasteiger partial charge in [0.2, 0.25) is 5.91 Å². The molecule has 1 saturated heterocycles. The van der Waals surface area contributed by atoms with E-state index in [0.717, 1.165) is 11.8 Å². The Morgan fingerprint density at radius 2 is 1.97 bits per heavy atom. The van der Waals surface area contributed by atoms with Gasteiger partial charge in [-0.3, -0.25) is 4.79 Å². The molecule has 2 heterocycles. The molecule has 3 aromatic rings. The Kier molecular flexibility index (Phi) is 6.33. The van der Waals surface area contributed by atoms with Crippen LogP contribution in [0.25, 0.3) is 11.1 Å². The molecule has 1 aliphatic heterocycles. The van der Waals surface area contributed by atoms with E-state index in [1.807, 2.05) is 6.07 Å². The van der Waals surface area contributed by atoms with Crippen molar-refractivity contribution in [2.45, 2.75) is 29.5 Å². The van der Waals surface area contributed by atoms with Crippen molar-refractivity contribution in [3.05, 3.63) is 48.5 Å². The summed E-state index contributed by atoms with van der Waals surface area (Å²) in [5.74, 6) is -0.262. The number of rotatable bonds is 7. The van der Waals surface area contributed by atoms with Crippen LogP contribution in [0.4, 0.5) is 5.69 Å². The minimum absolute atomic E-state index is 0.00161. The second-order valence-corrected chi connectivity index (χ2v) is 12.9. The van der Waals surface area contributed by atoms with E-state index >= 15 is 0 Å². The molecular formula is C21H22N2O6S3. The highest BCUT2D eigenvalue weighted by Crippen LogP contribution is 2.29. The van der Waals surface area contributed by atoms with Crippen molar-refractivity contribution in [1.82, 2.24) is 4.98 Å². The van der Waals surface area contributed by atoms with Crippen molar-refractivity contribution in [3.63, 3.8) is 0 Å². The Labute approximate surface area is 190 Å². The predicted octanol–water partition coefficient (Wildman–Crippen LogP) is 2.93. The van der Waals surface area contributed by atoms with Crippen LogP contribution in [0, 0.1) is 0 Å². The molecule has 1 fully saturated rings. The van der Waals surface area contributed by atoms with Crippen LogP contribution in [-0.2, 0) is 24.5 Å². The average molecular weight is 495 g/mol. The number of hydrogen-bond donors (Lipinski definition) is 0. The topological polar surface area (TPSA) is 115 Å². The van der Waals surface area contributed by atoms with Crippen LogP contribution in [0.2, 0.25) is 0 Å². The van der Waals surface area contributed by atoms with Crippen molar-refractivity contribution < 1.29 is 26.0 Å². The van der Waals surface area contributed by atoms with E-state index < -0.39 is 25.7 Å². The maximum atomic E-state index is 13.1. The largest absolute Gasteiger partial charge is 0.431 e. The number of amides is 1. The first-order valence-electron chi connectivity index (χ1n) is 10.0. The third kappa shape index (κ3) is 4.84. The number of fused-ring (bicyclic) bond motifs is 1. The molecule has 0 N–H and O–H groups in total. The lowest BCUT2D eigenvalue weighted by Crippen LogP contribution is -2.42. The summed E-state index contributed by atoms with van der Waals surface area (Å²) in [5.41, 5.74) is 1.47. The number of hydrogen-bond acceptors (Lipinski definition) is 8. The summed E-state index contributed by atoms with van der Waals surface area (Å²) in [4.78, 5) is 19.1. The first-order valence-corrected chi connectivity index (χ1v) is 14.5. The summed E-state index contributed by atoms with van der Waals surface area (Å²) < 4.78 is 53.8. The number of thioether (sulfide) groups is 1. The zero-order valence-electron chi connectivity index (χ0n) is 17.3. The highest BCUT2D eigenvalue weighted by atomic mass is 32.2. The van der Waals surface area contributed by atoms with E-state index in [2.05, 4.69) is 4.98 Å². The van der Waals surface area contributed by atoms with Gasteiger partial charge in [-0.2, -0.15) is 0 Å². The van der Waals surface area contributed by atoms with Crippen LogP contribution in [0.15, 0.2) is 63.1 Å². The molecule has 32 heavy (non-hydrogen) atoms. The maximum Gasteiger partial charge on any atom is 0.257 e. The second-order valence-electron chi connectivity index (χ2n) is 7.46. The van der Waals surface area contributed by atoms with E-state index in [4.69, 9.17) is 4.42 Å². The van der Waals surface area contributed by atoms with Gasteiger partial charge in [-0.1, -0.05) is 36.9 Å². The summed E-state index contributed by atoms with van der Waals surface area (Å²) >= 11 is 1.09. The third-order valence-corrected chi connectivity index (χ3v) is 9.57. The minimum atomic E-state index is -3.37. The predicted molar refractivity (Wildman–Crippen MR) is 123 cm³/mol. The summed E-state index contributed by atoms with van der Waals surface area (Å²) in [5, 5.41) is 0.242. The summed E-state index contributed by atoms with van der Waals surface area (Å²) in [6, 6.07) is 13.1. The van der Waals surface area contributed by atoms with E-state index in [1.165, 1.54) is 12.1 Å². The van der Waals surface area contributed by atoms with Gasteiger partial charge >= 0.3 is 0 Å². The van der Waals surface area contributed by atoms with Crippen LogP contribution in [0.5, 0.6) is 0 Å². The standard InChI is InChI=1S/C21H22N2O6S3/c1-2-32(27,28)17-8-9-19-18(12-17)22-21(29-19)30-13-20(24)23(15-6-4-3-5-7-15)16-10-11-31(25,26)14-16/h3-9,12,16H,2,10-11,13-14H2,1H3/t16-/m1/s1. The highest BCUT2D eigenvalue weighted by molar-refractivity contribution is 7.99. The number of aromatic nitrogens is 1. The fourth-order valence-electron chi connectivity index (χ4n) is 3.63. The molecule has 8 nitrogen and oxygen atoms in total. The van der Waals surface area contributed by atoms with Crippen LogP contribution >= 0.6 is 11.8 Å². The van der Waals surface area contributed by atoms with Gasteiger partial charge in [0.05, 0.1) is 33.9 Å². The van der Waals surface area contributed by atoms with E-state index in [-0.39, 0.29) is 39.0 Å². The van der Waals surface area contributed by atoms with E-state index in [1.54, 1.807) is 42.2 Å². The monoisotopic (exact) mass is 494 g/mol. The molecule has 1 amide bonds. The van der Waals surface area contributed by atoms with Crippen LogP contribution in [0.1, 0.15) is 13.3 Å². The lowest BCUT2D eigenvalue weighted by atomic mass is 10.2. The Morgan fingerprint density at radius 3 is 2.62 bits per heavy atom. The van der Waals surface area contributed by atoms with Crippen LogP contribution in [-0.4, -0.2) is 56.8 Å². The number of oxazole rings is 1. The average Bonchev–Trinajstić information content (AvgIpc) is 3.35. The molecule has 1 aliphatic rings. The molecule has 0 aliphatic carbocycles. The minimum Gasteiger partial charge on any atom is -0.431 e. The smallest absolute Gasteiger partial charge is 0.257 e. The molecular weight excluding hydrogens is 472 g/mol. The second kappa shape index (κ2) is 8.87. The zero-order chi connectivity index (χ0) is 22.9. The zero-order valence-corrected chi connectivity index (χ0v) is 19.7. The summed E-state index contributed by atoms with van der Waals surface area (Å²) in [6.45, 7) is 1.57. The molecule has 4 rings (SSSR count). The van der Waals surface area contributed by atoms with Gasteiger partial charge in [0, 0.05) is 5.69 Å². The van der Waals surface area contributed by atoms with Gasteiger partial charge in [-0.15, -0.1) is 0 Å². The highest BCUT2D eigenvalue weighted by Gasteiger charge is 2.35. The Morgan fingerprint density at radius 1 is 1.22 bits per heavy atom. The molecule has 2 aromatic carbocycles. The van der Waals surface area contributed by atoms with Crippen molar-refractivity contribution in [1.29, 1.82) is 0 Å². The number of para-hydroxylation sites is 1. The molecule has 0 bridgehead atoms. The van der Waals surface area contributed by atoms with Gasteiger partial charge in [0.15, 0.2) is 25.3 Å². The molecule has 1 aromatic heterocycles. The number of carbonyl (C=O) groups is 1. The normalized spacial score (nSPS) is 18.1. The van der Waals surface area contributed by atoms with E-state index in [9.17, 15) is 21.6 Å². The molecule has 0 unspecified atom stereocenters. The molecule has 0 saturated carbocycles. The maximum absolute atomic E-state index is 13.1. The number of anilines is 1. The Bertz CT molecular complexity index is 1350. The molecule has 170 valence electrons. The quantitative estimate of drug-likeness (QED) is 0.461. The van der Waals surface area contributed by atoms with Gasteiger partial charge in [0.1, 0.15) is 5.52 Å². The first kappa shape index (κ1) is 22.8. The fraction of sp³-hybridized carbons (Fsp3) is 0.333. The van der Waals surface area contributed by atoms with Crippen LogP contribution < -0.4 is 4.90 Å². The molecule has 1 atom stereocenters. The number of nitrogens with zero attached hydrogens (tertiary/aromatic N) is 2. The molecule has 0 spiro atoms. The Balaban J connectivity index is 1.53. The molecule has 11 heteroatoms. The molecule has 0 radical (unpaired) electrons. The SMILES string of the molecule is CCS(=O)(=O)c1ccc2oc(SCC(=O)N(c3ccccc3)[C@@H]3CCS(=O)(=O)C3)nc2c1. The Hall–Kier alpha value is -2.37. The van der Waals surface area contributed by atoms with Gasteiger partial charge in [-0.05, 0) is 36.8 Å². The van der Waals surface area contributed by atoms with Crippen molar-refractivity contribution >= 4 is 54.1 Å².